The van der Waals surface area contributed by atoms with Crippen LogP contribution in [0.3, 0.4) is 0 Å². The number of carbonyl (C=O) groups excluding carboxylic acids is 2. The molecule has 3 N–H and O–H groups in total. The summed E-state index contributed by atoms with van der Waals surface area (Å²) in [6.07, 6.45) is -8.56. The fourth-order valence-corrected chi connectivity index (χ4v) is 3.59. The number of hydrogen-bond donors (Lipinski definition) is 3. The molecule has 0 spiro atoms. The lowest BCUT2D eigenvalue weighted by Crippen LogP contribution is -2.52. The number of ether oxygens (including phenoxy) is 1. The third kappa shape index (κ3) is 6.56. The SMILES string of the molecule is CN(O)C(=O)[C@H]1C[C@H](NC(=O)N[C@H](c2ccc(F)cc2)c2cc(F)cc(OC(F)(F)C(F)F)c2)C1. The summed E-state index contributed by atoms with van der Waals surface area (Å²) in [5, 5.41) is 14.7. The molecule has 1 atom stereocenters. The minimum absolute atomic E-state index is 0.143. The van der Waals surface area contributed by atoms with Gasteiger partial charge in [0.25, 0.3) is 0 Å². The average Bonchev–Trinajstić information content (AvgIpc) is 2.73. The highest BCUT2D eigenvalue weighted by atomic mass is 19.3. The number of hydrogen-bond acceptors (Lipinski definition) is 4. The standard InChI is InChI=1S/C22H21F6N3O4/c1-31(34)19(32)13-7-16(8-13)29-21(33)30-18(11-2-4-14(23)5-3-11)12-6-15(24)10-17(9-12)35-22(27,28)20(25)26/h2-6,9-10,13,16,18,20,34H,7-8H2,1H3,(H2,29,30,33)/t13-,16-,18-/m1/s1. The summed E-state index contributed by atoms with van der Waals surface area (Å²) in [6, 6.07) is 4.41. The quantitative estimate of drug-likeness (QED) is 0.285. The number of carbonyl (C=O) groups is 2. The monoisotopic (exact) mass is 505 g/mol. The van der Waals surface area contributed by atoms with Crippen molar-refractivity contribution in [1.29, 1.82) is 0 Å². The van der Waals surface area contributed by atoms with Gasteiger partial charge in [-0.1, -0.05) is 12.1 Å². The number of nitrogens with zero attached hydrogens (tertiary/aromatic N) is 1. The van der Waals surface area contributed by atoms with Crippen molar-refractivity contribution in [3.05, 3.63) is 65.2 Å². The van der Waals surface area contributed by atoms with Crippen LogP contribution in [0.5, 0.6) is 5.75 Å². The Morgan fingerprint density at radius 3 is 2.26 bits per heavy atom. The van der Waals surface area contributed by atoms with Gasteiger partial charge >= 0.3 is 18.6 Å². The molecule has 3 rings (SSSR count). The second-order valence-electron chi connectivity index (χ2n) is 8.01. The first-order valence-electron chi connectivity index (χ1n) is 10.3. The minimum Gasteiger partial charge on any atom is -0.428 e. The maximum absolute atomic E-state index is 14.2. The lowest BCUT2D eigenvalue weighted by molar-refractivity contribution is -0.253. The Labute approximate surface area is 195 Å². The third-order valence-corrected chi connectivity index (χ3v) is 5.36. The van der Waals surface area contributed by atoms with E-state index < -0.39 is 59.9 Å². The van der Waals surface area contributed by atoms with Crippen molar-refractivity contribution in [3.8, 4) is 5.75 Å². The number of amides is 3. The summed E-state index contributed by atoms with van der Waals surface area (Å²) in [5.74, 6) is -3.63. The fraction of sp³-hybridized carbons (Fsp3) is 0.364. The van der Waals surface area contributed by atoms with Gasteiger partial charge < -0.3 is 15.4 Å². The second-order valence-corrected chi connectivity index (χ2v) is 8.01. The zero-order valence-corrected chi connectivity index (χ0v) is 18.2. The maximum atomic E-state index is 14.2. The van der Waals surface area contributed by atoms with E-state index in [1.54, 1.807) is 0 Å². The third-order valence-electron chi connectivity index (χ3n) is 5.36. The van der Waals surface area contributed by atoms with Gasteiger partial charge in [-0.15, -0.1) is 0 Å². The molecule has 0 saturated heterocycles. The van der Waals surface area contributed by atoms with Crippen LogP contribution >= 0.6 is 0 Å². The number of halogens is 6. The summed E-state index contributed by atoms with van der Waals surface area (Å²) in [4.78, 5) is 24.3. The molecular weight excluding hydrogens is 484 g/mol. The molecule has 2 aromatic carbocycles. The van der Waals surface area contributed by atoms with Crippen molar-refractivity contribution in [1.82, 2.24) is 15.7 Å². The topological polar surface area (TPSA) is 90.9 Å². The van der Waals surface area contributed by atoms with Crippen LogP contribution in [-0.2, 0) is 4.79 Å². The number of nitrogens with one attached hydrogen (secondary N) is 2. The molecule has 1 fully saturated rings. The Bertz CT molecular complexity index is 1060. The first-order valence-corrected chi connectivity index (χ1v) is 10.3. The van der Waals surface area contributed by atoms with Crippen LogP contribution in [0.15, 0.2) is 42.5 Å². The summed E-state index contributed by atoms with van der Waals surface area (Å²) in [5.41, 5.74) is 0.0812. The van der Waals surface area contributed by atoms with Crippen LogP contribution in [0.25, 0.3) is 0 Å². The second kappa shape index (κ2) is 10.4. The zero-order chi connectivity index (χ0) is 25.9. The van der Waals surface area contributed by atoms with Crippen molar-refractivity contribution in [2.75, 3.05) is 7.05 Å². The Morgan fingerprint density at radius 1 is 1.06 bits per heavy atom. The van der Waals surface area contributed by atoms with E-state index in [1.807, 2.05) is 0 Å². The molecule has 190 valence electrons. The predicted molar refractivity (Wildman–Crippen MR) is 109 cm³/mol. The number of rotatable bonds is 8. The molecule has 0 heterocycles. The van der Waals surface area contributed by atoms with Crippen molar-refractivity contribution in [2.45, 2.75) is 37.5 Å². The van der Waals surface area contributed by atoms with E-state index in [0.717, 1.165) is 24.3 Å². The molecular formula is C22H21F6N3O4. The van der Waals surface area contributed by atoms with Gasteiger partial charge in [-0.05, 0) is 48.2 Å². The van der Waals surface area contributed by atoms with Gasteiger partial charge in [-0.2, -0.15) is 17.6 Å². The summed E-state index contributed by atoms with van der Waals surface area (Å²) in [6.45, 7) is 0. The van der Waals surface area contributed by atoms with Crippen molar-refractivity contribution >= 4 is 11.9 Å². The molecule has 0 aromatic heterocycles. The van der Waals surface area contributed by atoms with Crippen LogP contribution in [0.1, 0.15) is 30.0 Å². The largest absolute Gasteiger partial charge is 0.461 e. The highest BCUT2D eigenvalue weighted by Gasteiger charge is 2.44. The van der Waals surface area contributed by atoms with E-state index in [0.29, 0.717) is 11.1 Å². The van der Waals surface area contributed by atoms with Gasteiger partial charge in [-0.25, -0.2) is 18.6 Å². The van der Waals surface area contributed by atoms with Crippen LogP contribution in [0.2, 0.25) is 0 Å². The molecule has 0 radical (unpaired) electrons. The van der Waals surface area contributed by atoms with Crippen LogP contribution in [0, 0.1) is 17.6 Å². The van der Waals surface area contributed by atoms with E-state index in [4.69, 9.17) is 0 Å². The van der Waals surface area contributed by atoms with Crippen molar-refractivity contribution in [2.24, 2.45) is 5.92 Å². The molecule has 1 saturated carbocycles. The summed E-state index contributed by atoms with van der Waals surface area (Å²) < 4.78 is 83.3. The zero-order valence-electron chi connectivity index (χ0n) is 18.2. The molecule has 0 unspecified atom stereocenters. The van der Waals surface area contributed by atoms with Crippen molar-refractivity contribution < 1.29 is 45.9 Å². The molecule has 13 heteroatoms. The fourth-order valence-electron chi connectivity index (χ4n) is 3.59. The Hall–Kier alpha value is -3.48. The first-order chi connectivity index (χ1) is 16.4. The van der Waals surface area contributed by atoms with E-state index in [-0.39, 0.29) is 24.0 Å². The van der Waals surface area contributed by atoms with E-state index in [2.05, 4.69) is 15.4 Å². The minimum atomic E-state index is -4.89. The van der Waals surface area contributed by atoms with Gasteiger partial charge in [0, 0.05) is 25.1 Å². The van der Waals surface area contributed by atoms with Crippen LogP contribution in [0.4, 0.5) is 31.1 Å². The number of hydroxylamine groups is 2. The molecule has 0 bridgehead atoms. The normalized spacial score (nSPS) is 18.4. The lowest BCUT2D eigenvalue weighted by atomic mass is 9.79. The molecule has 2 aromatic rings. The summed E-state index contributed by atoms with van der Waals surface area (Å²) in [7, 11) is 1.18. The molecule has 7 nitrogen and oxygen atoms in total. The molecule has 35 heavy (non-hydrogen) atoms. The highest BCUT2D eigenvalue weighted by molar-refractivity contribution is 5.80. The smallest absolute Gasteiger partial charge is 0.428 e. The van der Waals surface area contributed by atoms with Crippen molar-refractivity contribution in [3.63, 3.8) is 0 Å². The summed E-state index contributed by atoms with van der Waals surface area (Å²) >= 11 is 0. The Kier molecular flexibility index (Phi) is 7.78. The van der Waals surface area contributed by atoms with E-state index in [1.165, 1.54) is 19.2 Å². The average molecular weight is 505 g/mol. The highest BCUT2D eigenvalue weighted by Crippen LogP contribution is 2.32. The number of urea groups is 1. The van der Waals surface area contributed by atoms with Crippen LogP contribution in [-0.4, -0.2) is 47.8 Å². The Balaban J connectivity index is 1.80. The van der Waals surface area contributed by atoms with Crippen LogP contribution < -0.4 is 15.4 Å². The maximum Gasteiger partial charge on any atom is 0.461 e. The van der Waals surface area contributed by atoms with E-state index >= 15 is 0 Å². The van der Waals surface area contributed by atoms with Gasteiger partial charge in [0.15, 0.2) is 0 Å². The number of alkyl halides is 4. The predicted octanol–water partition coefficient (Wildman–Crippen LogP) is 4.22. The van der Waals surface area contributed by atoms with Gasteiger partial charge in [0.2, 0.25) is 5.91 Å². The van der Waals surface area contributed by atoms with Gasteiger partial charge in [0.05, 0.1) is 6.04 Å². The molecule has 3 amide bonds. The molecule has 0 aliphatic heterocycles. The Morgan fingerprint density at radius 2 is 1.69 bits per heavy atom. The number of benzene rings is 2. The van der Waals surface area contributed by atoms with E-state index in [9.17, 15) is 41.1 Å². The molecule has 1 aliphatic carbocycles. The van der Waals surface area contributed by atoms with Gasteiger partial charge in [-0.3, -0.25) is 10.0 Å². The first kappa shape index (κ1) is 26.1. The lowest BCUT2D eigenvalue weighted by Gasteiger charge is -2.35. The van der Waals surface area contributed by atoms with Gasteiger partial charge in [0.1, 0.15) is 17.4 Å². The molecule has 1 aliphatic rings.